The van der Waals surface area contributed by atoms with E-state index in [2.05, 4.69) is 22.5 Å². The van der Waals surface area contributed by atoms with Crippen LogP contribution in [0.5, 0.6) is 5.88 Å². The number of hydrogen-bond acceptors (Lipinski definition) is 3. The summed E-state index contributed by atoms with van der Waals surface area (Å²) in [6.45, 7) is 0.919. The standard InChI is InChI=1S/C10H12N2O/c1-13-10-8(4-2-7-12-10)9-5-3-6-11-9/h2-5,7,9,11H,6H2,1H3. The molecule has 1 aromatic heterocycles. The van der Waals surface area contributed by atoms with Crippen LogP contribution in [0.15, 0.2) is 30.5 Å². The maximum Gasteiger partial charge on any atom is 0.218 e. The van der Waals surface area contributed by atoms with E-state index in [0.717, 1.165) is 12.1 Å². The maximum atomic E-state index is 5.17. The van der Waals surface area contributed by atoms with Crippen molar-refractivity contribution in [1.82, 2.24) is 10.3 Å². The minimum atomic E-state index is 0.253. The first-order valence-corrected chi connectivity index (χ1v) is 4.31. The number of aromatic nitrogens is 1. The Labute approximate surface area is 77.4 Å². The summed E-state index contributed by atoms with van der Waals surface area (Å²) in [6, 6.07) is 4.20. The van der Waals surface area contributed by atoms with Gasteiger partial charge < -0.3 is 10.1 Å². The van der Waals surface area contributed by atoms with Gasteiger partial charge in [-0.2, -0.15) is 0 Å². The first-order chi connectivity index (χ1) is 6.42. The van der Waals surface area contributed by atoms with Crippen molar-refractivity contribution < 1.29 is 4.74 Å². The van der Waals surface area contributed by atoms with E-state index in [1.165, 1.54) is 0 Å². The number of rotatable bonds is 2. The number of hydrogen-bond donors (Lipinski definition) is 1. The lowest BCUT2D eigenvalue weighted by Crippen LogP contribution is -2.14. The van der Waals surface area contributed by atoms with Gasteiger partial charge in [0.2, 0.25) is 5.88 Å². The van der Waals surface area contributed by atoms with Crippen molar-refractivity contribution in [1.29, 1.82) is 0 Å². The second-order valence-electron chi connectivity index (χ2n) is 2.92. The highest BCUT2D eigenvalue weighted by Gasteiger charge is 2.15. The van der Waals surface area contributed by atoms with Crippen molar-refractivity contribution in [3.63, 3.8) is 0 Å². The van der Waals surface area contributed by atoms with Crippen LogP contribution in [0.3, 0.4) is 0 Å². The smallest absolute Gasteiger partial charge is 0.218 e. The van der Waals surface area contributed by atoms with Crippen molar-refractivity contribution in [2.45, 2.75) is 6.04 Å². The third kappa shape index (κ3) is 1.55. The van der Waals surface area contributed by atoms with Gasteiger partial charge in [-0.15, -0.1) is 0 Å². The largest absolute Gasteiger partial charge is 0.481 e. The Kier molecular flexibility index (Phi) is 2.27. The lowest BCUT2D eigenvalue weighted by molar-refractivity contribution is 0.389. The van der Waals surface area contributed by atoms with E-state index in [0.29, 0.717) is 5.88 Å². The molecule has 1 atom stereocenters. The summed E-state index contributed by atoms with van der Waals surface area (Å²) in [5, 5.41) is 3.32. The summed E-state index contributed by atoms with van der Waals surface area (Å²) in [4.78, 5) is 4.15. The normalized spacial score (nSPS) is 20.5. The Bertz CT molecular complexity index is 322. The zero-order valence-electron chi connectivity index (χ0n) is 7.53. The van der Waals surface area contributed by atoms with Gasteiger partial charge in [0.15, 0.2) is 0 Å². The molecule has 0 aromatic carbocycles. The zero-order chi connectivity index (χ0) is 9.10. The fraction of sp³-hybridized carbons (Fsp3) is 0.300. The fourth-order valence-corrected chi connectivity index (χ4v) is 1.49. The molecule has 1 aliphatic rings. The Morgan fingerprint density at radius 1 is 1.62 bits per heavy atom. The van der Waals surface area contributed by atoms with Gasteiger partial charge in [0.05, 0.1) is 13.2 Å². The van der Waals surface area contributed by atoms with Crippen molar-refractivity contribution in [3.8, 4) is 5.88 Å². The third-order valence-electron chi connectivity index (χ3n) is 2.11. The Morgan fingerprint density at radius 3 is 3.23 bits per heavy atom. The molecule has 0 saturated carbocycles. The summed E-state index contributed by atoms with van der Waals surface area (Å²) in [6.07, 6.45) is 5.97. The van der Waals surface area contributed by atoms with Gasteiger partial charge in [0, 0.05) is 18.3 Å². The highest BCUT2D eigenvalue weighted by Crippen LogP contribution is 2.24. The van der Waals surface area contributed by atoms with E-state index in [1.807, 2.05) is 12.1 Å². The van der Waals surface area contributed by atoms with Gasteiger partial charge >= 0.3 is 0 Å². The maximum absolute atomic E-state index is 5.17. The van der Waals surface area contributed by atoms with Gasteiger partial charge in [0.25, 0.3) is 0 Å². The van der Waals surface area contributed by atoms with Crippen LogP contribution in [-0.4, -0.2) is 18.6 Å². The topological polar surface area (TPSA) is 34.1 Å². The molecule has 1 unspecified atom stereocenters. The Morgan fingerprint density at radius 2 is 2.54 bits per heavy atom. The average Bonchev–Trinajstić information content (AvgIpc) is 2.70. The molecule has 0 aliphatic carbocycles. The highest BCUT2D eigenvalue weighted by molar-refractivity contribution is 5.33. The highest BCUT2D eigenvalue weighted by atomic mass is 16.5. The summed E-state index contributed by atoms with van der Waals surface area (Å²) >= 11 is 0. The quantitative estimate of drug-likeness (QED) is 0.689. The summed E-state index contributed by atoms with van der Waals surface area (Å²) < 4.78 is 5.17. The molecule has 68 valence electrons. The molecule has 2 rings (SSSR count). The van der Waals surface area contributed by atoms with Crippen molar-refractivity contribution in [2.75, 3.05) is 13.7 Å². The molecule has 1 N–H and O–H groups in total. The molecule has 2 heterocycles. The molecule has 3 heteroatoms. The second-order valence-corrected chi connectivity index (χ2v) is 2.92. The van der Waals surface area contributed by atoms with E-state index in [4.69, 9.17) is 4.74 Å². The second kappa shape index (κ2) is 3.58. The van der Waals surface area contributed by atoms with Crippen molar-refractivity contribution >= 4 is 0 Å². The molecule has 1 aromatic rings. The molecule has 13 heavy (non-hydrogen) atoms. The van der Waals surface area contributed by atoms with E-state index in [9.17, 15) is 0 Å². The van der Waals surface area contributed by atoms with E-state index < -0.39 is 0 Å². The molecule has 0 fully saturated rings. The predicted octanol–water partition coefficient (Wildman–Crippen LogP) is 1.29. The minimum absolute atomic E-state index is 0.253. The van der Waals surface area contributed by atoms with Crippen LogP contribution in [0.25, 0.3) is 0 Å². The van der Waals surface area contributed by atoms with E-state index in [1.54, 1.807) is 13.3 Å². The number of nitrogens with zero attached hydrogens (tertiary/aromatic N) is 1. The molecule has 0 saturated heterocycles. The average molecular weight is 176 g/mol. The van der Waals surface area contributed by atoms with Gasteiger partial charge in [-0.1, -0.05) is 18.2 Å². The monoisotopic (exact) mass is 176 g/mol. The van der Waals surface area contributed by atoms with Crippen molar-refractivity contribution in [3.05, 3.63) is 36.0 Å². The van der Waals surface area contributed by atoms with Gasteiger partial charge in [0.1, 0.15) is 0 Å². The predicted molar refractivity (Wildman–Crippen MR) is 50.7 cm³/mol. The van der Waals surface area contributed by atoms with E-state index >= 15 is 0 Å². The first kappa shape index (κ1) is 8.26. The number of methoxy groups -OCH3 is 1. The van der Waals surface area contributed by atoms with Gasteiger partial charge in [-0.05, 0) is 6.07 Å². The lowest BCUT2D eigenvalue weighted by atomic mass is 10.1. The fourth-order valence-electron chi connectivity index (χ4n) is 1.49. The summed E-state index contributed by atoms with van der Waals surface area (Å²) in [5.41, 5.74) is 1.10. The zero-order valence-corrected chi connectivity index (χ0v) is 7.53. The number of pyridine rings is 1. The van der Waals surface area contributed by atoms with Crippen molar-refractivity contribution in [2.24, 2.45) is 0 Å². The van der Waals surface area contributed by atoms with Crippen LogP contribution in [-0.2, 0) is 0 Å². The molecule has 1 aliphatic heterocycles. The van der Waals surface area contributed by atoms with Crippen LogP contribution in [0.1, 0.15) is 11.6 Å². The van der Waals surface area contributed by atoms with Crippen LogP contribution in [0.4, 0.5) is 0 Å². The third-order valence-corrected chi connectivity index (χ3v) is 2.11. The molecule has 3 nitrogen and oxygen atoms in total. The number of nitrogens with one attached hydrogen (secondary N) is 1. The first-order valence-electron chi connectivity index (χ1n) is 4.31. The number of ether oxygens (including phenoxy) is 1. The Hall–Kier alpha value is -1.35. The Balaban J connectivity index is 2.32. The molecule has 0 spiro atoms. The molecular formula is C10H12N2O. The van der Waals surface area contributed by atoms with Crippen LogP contribution < -0.4 is 10.1 Å². The summed E-state index contributed by atoms with van der Waals surface area (Å²) in [7, 11) is 1.64. The lowest BCUT2D eigenvalue weighted by Gasteiger charge is -2.12. The van der Waals surface area contributed by atoms with Gasteiger partial charge in [-0.3, -0.25) is 0 Å². The van der Waals surface area contributed by atoms with Gasteiger partial charge in [-0.25, -0.2) is 4.98 Å². The minimum Gasteiger partial charge on any atom is -0.481 e. The SMILES string of the molecule is COc1ncccc1C1C=CCN1. The molecule has 0 bridgehead atoms. The summed E-state index contributed by atoms with van der Waals surface area (Å²) in [5.74, 6) is 0.701. The molecule has 0 radical (unpaired) electrons. The molecular weight excluding hydrogens is 164 g/mol. The molecule has 0 amide bonds. The van der Waals surface area contributed by atoms with Crippen LogP contribution in [0.2, 0.25) is 0 Å². The van der Waals surface area contributed by atoms with Crippen LogP contribution in [0, 0.1) is 0 Å². The van der Waals surface area contributed by atoms with E-state index in [-0.39, 0.29) is 6.04 Å². The van der Waals surface area contributed by atoms with Crippen LogP contribution >= 0.6 is 0 Å².